The second kappa shape index (κ2) is 6.57. The van der Waals surface area contributed by atoms with E-state index in [1.165, 1.54) is 6.20 Å². The molecule has 3 rings (SSSR count). The molecule has 4 nitrogen and oxygen atoms in total. The van der Waals surface area contributed by atoms with Crippen LogP contribution in [0.4, 0.5) is 5.69 Å². The van der Waals surface area contributed by atoms with E-state index in [1.807, 2.05) is 42.5 Å². The predicted octanol–water partition coefficient (Wildman–Crippen LogP) is 4.40. The van der Waals surface area contributed by atoms with Crippen molar-refractivity contribution in [2.45, 2.75) is 26.2 Å². The number of hydrogen-bond acceptors (Lipinski definition) is 3. The van der Waals surface area contributed by atoms with Gasteiger partial charge in [0.25, 0.3) is 5.91 Å². The Morgan fingerprint density at radius 3 is 2.57 bits per heavy atom. The Morgan fingerprint density at radius 1 is 1.09 bits per heavy atom. The third-order valence-corrected chi connectivity index (χ3v) is 4.03. The van der Waals surface area contributed by atoms with Crippen LogP contribution in [0.3, 0.4) is 0 Å². The Balaban J connectivity index is 1.89. The van der Waals surface area contributed by atoms with Gasteiger partial charge in [0.05, 0.1) is 17.2 Å². The van der Waals surface area contributed by atoms with E-state index in [2.05, 4.69) is 35.2 Å². The van der Waals surface area contributed by atoms with Gasteiger partial charge in [0.2, 0.25) is 0 Å². The van der Waals surface area contributed by atoms with E-state index >= 15 is 0 Å². The molecule has 0 radical (unpaired) electrons. The van der Waals surface area contributed by atoms with Crippen LogP contribution in [0.2, 0.25) is 0 Å². The number of amides is 1. The summed E-state index contributed by atoms with van der Waals surface area (Å²) in [5.74, 6) is 0.146. The zero-order valence-corrected chi connectivity index (χ0v) is 13.3. The van der Waals surface area contributed by atoms with Crippen LogP contribution in [0.25, 0.3) is 11.0 Å². The maximum Gasteiger partial charge on any atom is 0.275 e. The lowest BCUT2D eigenvalue weighted by atomic mass is 9.97. The Kier molecular flexibility index (Phi) is 4.33. The summed E-state index contributed by atoms with van der Waals surface area (Å²) in [6.45, 7) is 4.29. The Labute approximate surface area is 135 Å². The van der Waals surface area contributed by atoms with Gasteiger partial charge < -0.3 is 5.32 Å². The molecule has 116 valence electrons. The normalized spacial score (nSPS) is 12.1. The van der Waals surface area contributed by atoms with Crippen LogP contribution in [-0.2, 0) is 0 Å². The lowest BCUT2D eigenvalue weighted by Crippen LogP contribution is -2.15. The lowest BCUT2D eigenvalue weighted by molar-refractivity contribution is 0.102. The van der Waals surface area contributed by atoms with Crippen LogP contribution in [-0.4, -0.2) is 15.9 Å². The third-order valence-electron chi connectivity index (χ3n) is 4.03. The van der Waals surface area contributed by atoms with Crippen molar-refractivity contribution in [3.8, 4) is 0 Å². The molecule has 1 atom stereocenters. The molecule has 0 fully saturated rings. The Hall–Kier alpha value is -2.75. The molecule has 0 bridgehead atoms. The SMILES string of the molecule is CC[C@@H](C)c1ccccc1NC(=O)c1cnc2ccccc2n1. The van der Waals surface area contributed by atoms with Crippen LogP contribution in [0, 0.1) is 0 Å². The topological polar surface area (TPSA) is 54.9 Å². The first kappa shape index (κ1) is 15.2. The molecular weight excluding hydrogens is 286 g/mol. The maximum absolute atomic E-state index is 12.5. The molecule has 0 aliphatic heterocycles. The van der Waals surface area contributed by atoms with Crippen molar-refractivity contribution in [1.29, 1.82) is 0 Å². The number of fused-ring (bicyclic) bond motifs is 1. The maximum atomic E-state index is 12.5. The summed E-state index contributed by atoms with van der Waals surface area (Å²) in [5, 5.41) is 2.97. The van der Waals surface area contributed by atoms with Crippen LogP contribution in [0.15, 0.2) is 54.7 Å². The van der Waals surface area contributed by atoms with Gasteiger partial charge in [-0.3, -0.25) is 9.78 Å². The molecule has 0 saturated heterocycles. The van der Waals surface area contributed by atoms with Gasteiger partial charge in [-0.25, -0.2) is 4.98 Å². The van der Waals surface area contributed by atoms with E-state index in [1.54, 1.807) is 0 Å². The first-order valence-corrected chi connectivity index (χ1v) is 7.81. The fourth-order valence-corrected chi connectivity index (χ4v) is 2.51. The van der Waals surface area contributed by atoms with Crippen molar-refractivity contribution in [2.75, 3.05) is 5.32 Å². The molecule has 1 N–H and O–H groups in total. The van der Waals surface area contributed by atoms with Gasteiger partial charge in [-0.15, -0.1) is 0 Å². The average molecular weight is 305 g/mol. The number of nitrogens with zero attached hydrogens (tertiary/aromatic N) is 2. The van der Waals surface area contributed by atoms with Crippen molar-refractivity contribution < 1.29 is 4.79 Å². The van der Waals surface area contributed by atoms with Crippen LogP contribution >= 0.6 is 0 Å². The molecule has 1 amide bonds. The molecule has 23 heavy (non-hydrogen) atoms. The van der Waals surface area contributed by atoms with Crippen molar-refractivity contribution in [1.82, 2.24) is 9.97 Å². The second-order valence-corrected chi connectivity index (χ2v) is 5.59. The standard InChI is InChI=1S/C19H19N3O/c1-3-13(2)14-8-4-5-9-15(14)22-19(23)18-12-20-16-10-6-7-11-17(16)21-18/h4-13H,3H2,1-2H3,(H,22,23)/t13-/m1/s1. The minimum Gasteiger partial charge on any atom is -0.320 e. The highest BCUT2D eigenvalue weighted by Gasteiger charge is 2.13. The number of hydrogen-bond donors (Lipinski definition) is 1. The molecule has 0 unspecified atom stereocenters. The Bertz CT molecular complexity index is 845. The van der Waals surface area contributed by atoms with E-state index in [4.69, 9.17) is 0 Å². The summed E-state index contributed by atoms with van der Waals surface area (Å²) in [4.78, 5) is 21.2. The quantitative estimate of drug-likeness (QED) is 0.777. The summed E-state index contributed by atoms with van der Waals surface area (Å²) >= 11 is 0. The number of aromatic nitrogens is 2. The van der Waals surface area contributed by atoms with Gasteiger partial charge in [0.1, 0.15) is 5.69 Å². The summed E-state index contributed by atoms with van der Waals surface area (Å²) in [7, 11) is 0. The van der Waals surface area contributed by atoms with Crippen molar-refractivity contribution in [3.05, 3.63) is 66.0 Å². The second-order valence-electron chi connectivity index (χ2n) is 5.59. The molecule has 0 aliphatic carbocycles. The molecule has 0 saturated carbocycles. The molecule has 3 aromatic rings. The summed E-state index contributed by atoms with van der Waals surface area (Å²) < 4.78 is 0. The van der Waals surface area contributed by atoms with E-state index in [0.29, 0.717) is 11.6 Å². The highest BCUT2D eigenvalue weighted by Crippen LogP contribution is 2.26. The van der Waals surface area contributed by atoms with Gasteiger partial charge in [-0.1, -0.05) is 44.2 Å². The third kappa shape index (κ3) is 3.21. The molecule has 2 aromatic carbocycles. The summed E-state index contributed by atoms with van der Waals surface area (Å²) in [6.07, 6.45) is 2.53. The van der Waals surface area contributed by atoms with Gasteiger partial charge >= 0.3 is 0 Å². The average Bonchev–Trinajstić information content (AvgIpc) is 2.61. The zero-order valence-electron chi connectivity index (χ0n) is 13.3. The van der Waals surface area contributed by atoms with E-state index in [0.717, 1.165) is 28.7 Å². The zero-order chi connectivity index (χ0) is 16.2. The molecule has 4 heteroatoms. The van der Waals surface area contributed by atoms with E-state index in [9.17, 15) is 4.79 Å². The van der Waals surface area contributed by atoms with Gasteiger partial charge in [-0.2, -0.15) is 0 Å². The van der Waals surface area contributed by atoms with Gasteiger partial charge in [-0.05, 0) is 36.1 Å². The smallest absolute Gasteiger partial charge is 0.275 e. The Morgan fingerprint density at radius 2 is 1.78 bits per heavy atom. The fourth-order valence-electron chi connectivity index (χ4n) is 2.51. The largest absolute Gasteiger partial charge is 0.320 e. The number of anilines is 1. The minimum atomic E-state index is -0.237. The number of carbonyl (C=O) groups is 1. The number of para-hydroxylation sites is 3. The number of nitrogens with one attached hydrogen (secondary N) is 1. The van der Waals surface area contributed by atoms with Crippen molar-refractivity contribution in [2.24, 2.45) is 0 Å². The van der Waals surface area contributed by atoms with Crippen LogP contribution < -0.4 is 5.32 Å². The minimum absolute atomic E-state index is 0.237. The first-order valence-electron chi connectivity index (χ1n) is 7.81. The van der Waals surface area contributed by atoms with Gasteiger partial charge in [0, 0.05) is 5.69 Å². The van der Waals surface area contributed by atoms with Crippen molar-refractivity contribution >= 4 is 22.6 Å². The van der Waals surface area contributed by atoms with E-state index in [-0.39, 0.29) is 5.91 Å². The molecule has 1 aromatic heterocycles. The molecule has 0 spiro atoms. The monoisotopic (exact) mass is 305 g/mol. The first-order chi connectivity index (χ1) is 11.2. The van der Waals surface area contributed by atoms with Crippen molar-refractivity contribution in [3.63, 3.8) is 0 Å². The van der Waals surface area contributed by atoms with Crippen LogP contribution in [0.5, 0.6) is 0 Å². The summed E-state index contributed by atoms with van der Waals surface area (Å²) in [5.41, 5.74) is 3.79. The summed E-state index contributed by atoms with van der Waals surface area (Å²) in [6, 6.07) is 15.4. The van der Waals surface area contributed by atoms with Crippen LogP contribution in [0.1, 0.15) is 42.2 Å². The predicted molar refractivity (Wildman–Crippen MR) is 92.6 cm³/mol. The molecular formula is C19H19N3O. The van der Waals surface area contributed by atoms with Gasteiger partial charge in [0.15, 0.2) is 0 Å². The molecule has 1 heterocycles. The highest BCUT2D eigenvalue weighted by atomic mass is 16.1. The number of carbonyl (C=O) groups excluding carboxylic acids is 1. The fraction of sp³-hybridized carbons (Fsp3) is 0.211. The number of rotatable bonds is 4. The van der Waals surface area contributed by atoms with E-state index < -0.39 is 0 Å². The number of benzene rings is 2. The lowest BCUT2D eigenvalue weighted by Gasteiger charge is -2.15. The highest BCUT2D eigenvalue weighted by molar-refractivity contribution is 6.04. The molecule has 0 aliphatic rings.